The lowest BCUT2D eigenvalue weighted by Gasteiger charge is -2.27. The van der Waals surface area contributed by atoms with Gasteiger partial charge in [-0.25, -0.2) is 5.43 Å². The maximum Gasteiger partial charge on any atom is 0.250 e. The number of rotatable bonds is 6. The van der Waals surface area contributed by atoms with E-state index in [0.29, 0.717) is 31.1 Å². The van der Waals surface area contributed by atoms with Crippen LogP contribution in [0.3, 0.4) is 0 Å². The molecule has 1 aliphatic heterocycles. The van der Waals surface area contributed by atoms with Crippen molar-refractivity contribution >= 4 is 45.7 Å². The summed E-state index contributed by atoms with van der Waals surface area (Å²) in [4.78, 5) is 15.8. The van der Waals surface area contributed by atoms with Gasteiger partial charge in [0.25, 0.3) is 0 Å². The van der Waals surface area contributed by atoms with E-state index in [0.717, 1.165) is 39.9 Å². The van der Waals surface area contributed by atoms with Crippen molar-refractivity contribution in [1.82, 2.24) is 15.0 Å². The highest BCUT2D eigenvalue weighted by atomic mass is 79.9. The van der Waals surface area contributed by atoms with Crippen molar-refractivity contribution in [3.05, 3.63) is 63.6 Å². The number of aryl methyl sites for hydroxylation is 2. The predicted octanol–water partition coefficient (Wildman–Crippen LogP) is 4.28. The molecule has 160 valence electrons. The van der Waals surface area contributed by atoms with Crippen LogP contribution in [-0.2, 0) is 4.74 Å². The Balaban J connectivity index is 1.59. The monoisotopic (exact) mass is 481 g/mol. The molecule has 1 fully saturated rings. The third kappa shape index (κ3) is 5.77. The second-order valence-electron chi connectivity index (χ2n) is 7.25. The summed E-state index contributed by atoms with van der Waals surface area (Å²) in [6.07, 6.45) is 1.72. The quantitative estimate of drug-likeness (QED) is 0.401. The van der Waals surface area contributed by atoms with Gasteiger partial charge in [-0.05, 0) is 48.7 Å². The Hall–Kier alpha value is -3.04. The van der Waals surface area contributed by atoms with E-state index in [1.165, 1.54) is 0 Å². The van der Waals surface area contributed by atoms with Gasteiger partial charge in [-0.15, -0.1) is 0 Å². The molecule has 8 nitrogen and oxygen atoms in total. The van der Waals surface area contributed by atoms with Crippen LogP contribution in [-0.4, -0.2) is 47.5 Å². The molecule has 0 bridgehead atoms. The summed E-state index contributed by atoms with van der Waals surface area (Å²) >= 11 is 3.43. The van der Waals surface area contributed by atoms with Gasteiger partial charge in [-0.2, -0.15) is 20.1 Å². The number of anilines is 4. The van der Waals surface area contributed by atoms with E-state index < -0.39 is 0 Å². The molecule has 9 heteroatoms. The summed E-state index contributed by atoms with van der Waals surface area (Å²) in [6.45, 7) is 6.86. The van der Waals surface area contributed by atoms with Gasteiger partial charge >= 0.3 is 0 Å². The van der Waals surface area contributed by atoms with Crippen LogP contribution in [0, 0.1) is 13.8 Å². The fourth-order valence-electron chi connectivity index (χ4n) is 3.08. The highest BCUT2D eigenvalue weighted by Crippen LogP contribution is 2.22. The normalized spacial score (nSPS) is 14.1. The number of hydrogen-bond acceptors (Lipinski definition) is 8. The topological polar surface area (TPSA) is 87.6 Å². The molecule has 1 saturated heterocycles. The minimum absolute atomic E-state index is 0.373. The first-order chi connectivity index (χ1) is 15.1. The third-order valence-corrected chi connectivity index (χ3v) is 5.33. The van der Waals surface area contributed by atoms with E-state index in [9.17, 15) is 0 Å². The molecule has 0 unspecified atom stereocenters. The number of nitrogens with zero attached hydrogens (tertiary/aromatic N) is 5. The van der Waals surface area contributed by atoms with Crippen molar-refractivity contribution in [1.29, 1.82) is 0 Å². The molecule has 0 aliphatic carbocycles. The van der Waals surface area contributed by atoms with Gasteiger partial charge in [0.05, 0.1) is 19.4 Å². The zero-order chi connectivity index (χ0) is 21.6. The molecule has 4 rings (SSSR count). The molecule has 1 aliphatic rings. The summed E-state index contributed by atoms with van der Waals surface area (Å²) in [5.74, 6) is 1.43. The average molecular weight is 482 g/mol. The van der Waals surface area contributed by atoms with Crippen LogP contribution in [0.25, 0.3) is 0 Å². The fraction of sp³-hybridized carbons (Fsp3) is 0.273. The van der Waals surface area contributed by atoms with Crippen LogP contribution < -0.4 is 15.6 Å². The lowest BCUT2D eigenvalue weighted by molar-refractivity contribution is 0.122. The molecule has 0 spiro atoms. The summed E-state index contributed by atoms with van der Waals surface area (Å²) in [7, 11) is 0. The van der Waals surface area contributed by atoms with Crippen LogP contribution in [0.2, 0.25) is 0 Å². The zero-order valence-electron chi connectivity index (χ0n) is 17.5. The van der Waals surface area contributed by atoms with Gasteiger partial charge in [0.15, 0.2) is 0 Å². The largest absolute Gasteiger partial charge is 0.378 e. The second kappa shape index (κ2) is 9.84. The molecule has 31 heavy (non-hydrogen) atoms. The van der Waals surface area contributed by atoms with Crippen molar-refractivity contribution in [3.8, 4) is 0 Å². The number of morpholine rings is 1. The molecule has 1 aromatic heterocycles. The Morgan fingerprint density at radius 2 is 1.74 bits per heavy atom. The van der Waals surface area contributed by atoms with E-state index in [1.807, 2.05) is 31.2 Å². The van der Waals surface area contributed by atoms with Gasteiger partial charge < -0.3 is 15.0 Å². The molecule has 2 aromatic carbocycles. The van der Waals surface area contributed by atoms with Gasteiger partial charge in [0.2, 0.25) is 17.8 Å². The van der Waals surface area contributed by atoms with Crippen molar-refractivity contribution < 1.29 is 4.74 Å². The van der Waals surface area contributed by atoms with Crippen molar-refractivity contribution in [3.63, 3.8) is 0 Å². The number of aromatic nitrogens is 3. The summed E-state index contributed by atoms with van der Waals surface area (Å²) < 4.78 is 6.48. The molecule has 0 saturated carbocycles. The average Bonchev–Trinajstić information content (AvgIpc) is 2.78. The molecule has 2 N–H and O–H groups in total. The molecule has 0 amide bonds. The highest BCUT2D eigenvalue weighted by Gasteiger charge is 2.17. The van der Waals surface area contributed by atoms with Gasteiger partial charge in [-0.1, -0.05) is 40.2 Å². The first kappa shape index (κ1) is 21.2. The Bertz CT molecular complexity index is 1070. The van der Waals surface area contributed by atoms with Gasteiger partial charge in [0.1, 0.15) is 0 Å². The zero-order valence-corrected chi connectivity index (χ0v) is 19.1. The van der Waals surface area contributed by atoms with E-state index in [2.05, 4.69) is 76.7 Å². The first-order valence-electron chi connectivity index (χ1n) is 10.0. The van der Waals surface area contributed by atoms with E-state index >= 15 is 0 Å². The smallest absolute Gasteiger partial charge is 0.250 e. The number of halogens is 1. The van der Waals surface area contributed by atoms with E-state index in [1.54, 1.807) is 6.21 Å². The highest BCUT2D eigenvalue weighted by molar-refractivity contribution is 9.10. The second-order valence-corrected chi connectivity index (χ2v) is 8.16. The molecule has 0 radical (unpaired) electrons. The minimum Gasteiger partial charge on any atom is -0.378 e. The summed E-state index contributed by atoms with van der Waals surface area (Å²) in [6, 6.07) is 14.1. The third-order valence-electron chi connectivity index (χ3n) is 4.81. The van der Waals surface area contributed by atoms with E-state index in [-0.39, 0.29) is 0 Å². The lowest BCUT2D eigenvalue weighted by Crippen LogP contribution is -2.37. The maximum absolute atomic E-state index is 5.46. The van der Waals surface area contributed by atoms with Crippen molar-refractivity contribution in [2.75, 3.05) is 41.9 Å². The standard InChI is InChI=1S/C22H24BrN7O/c1-15-3-4-16(2)19(13-15)25-20-26-21(28-22(27-20)30-9-11-31-12-10-30)29-24-14-17-5-7-18(23)8-6-17/h3-8,13-14H,9-12H2,1-2H3,(H2,25,26,27,28,29). The Kier molecular flexibility index (Phi) is 6.73. The van der Waals surface area contributed by atoms with E-state index in [4.69, 9.17) is 4.74 Å². The van der Waals surface area contributed by atoms with Crippen LogP contribution in [0.5, 0.6) is 0 Å². The Labute approximate surface area is 189 Å². The molecular formula is C22H24BrN7O. The Morgan fingerprint density at radius 3 is 2.52 bits per heavy atom. The lowest BCUT2D eigenvalue weighted by atomic mass is 10.1. The number of hydrazone groups is 1. The minimum atomic E-state index is 0.373. The van der Waals surface area contributed by atoms with Crippen LogP contribution in [0.15, 0.2) is 52.0 Å². The van der Waals surface area contributed by atoms with Crippen molar-refractivity contribution in [2.45, 2.75) is 13.8 Å². The fourth-order valence-corrected chi connectivity index (χ4v) is 3.34. The Morgan fingerprint density at radius 1 is 1.00 bits per heavy atom. The molecular weight excluding hydrogens is 458 g/mol. The van der Waals surface area contributed by atoms with Crippen LogP contribution in [0.4, 0.5) is 23.5 Å². The molecule has 3 aromatic rings. The predicted molar refractivity (Wildman–Crippen MR) is 127 cm³/mol. The van der Waals surface area contributed by atoms with Crippen LogP contribution >= 0.6 is 15.9 Å². The first-order valence-corrected chi connectivity index (χ1v) is 10.8. The SMILES string of the molecule is Cc1ccc(C)c(Nc2nc(NN=Cc3ccc(Br)cc3)nc(N3CCOCC3)n2)c1. The van der Waals surface area contributed by atoms with Gasteiger partial charge in [0, 0.05) is 23.2 Å². The van der Waals surface area contributed by atoms with Crippen LogP contribution in [0.1, 0.15) is 16.7 Å². The summed E-state index contributed by atoms with van der Waals surface area (Å²) in [5, 5.41) is 7.62. The number of nitrogens with one attached hydrogen (secondary N) is 2. The number of hydrogen-bond donors (Lipinski definition) is 2. The number of ether oxygens (including phenoxy) is 1. The maximum atomic E-state index is 5.46. The summed E-state index contributed by atoms with van der Waals surface area (Å²) in [5.41, 5.74) is 7.14. The molecule has 2 heterocycles. The molecule has 0 atom stereocenters. The number of benzene rings is 2. The van der Waals surface area contributed by atoms with Crippen molar-refractivity contribution in [2.24, 2.45) is 5.10 Å². The van der Waals surface area contributed by atoms with Gasteiger partial charge in [-0.3, -0.25) is 0 Å².